The molecule has 0 bridgehead atoms. The molecule has 116 valence electrons. The van der Waals surface area contributed by atoms with E-state index in [1.54, 1.807) is 0 Å². The molecular weight excluding hydrogens is 260 g/mol. The number of para-hydroxylation sites is 2. The van der Waals surface area contributed by atoms with Gasteiger partial charge in [-0.25, -0.2) is 0 Å². The van der Waals surface area contributed by atoms with E-state index in [0.29, 0.717) is 12.5 Å². The van der Waals surface area contributed by atoms with Crippen molar-refractivity contribution in [3.8, 4) is 0 Å². The van der Waals surface area contributed by atoms with Gasteiger partial charge in [0.1, 0.15) is 0 Å². The second-order valence-electron chi connectivity index (χ2n) is 6.16. The highest BCUT2D eigenvalue weighted by molar-refractivity contribution is 5.98. The Morgan fingerprint density at radius 1 is 1.24 bits per heavy atom. The maximum absolute atomic E-state index is 12.0. The van der Waals surface area contributed by atoms with Gasteiger partial charge in [0.15, 0.2) is 0 Å². The van der Waals surface area contributed by atoms with Crippen molar-refractivity contribution in [2.45, 2.75) is 58.9 Å². The number of benzene rings is 1. The first-order valence-electron chi connectivity index (χ1n) is 8.31. The van der Waals surface area contributed by atoms with Gasteiger partial charge in [-0.05, 0) is 37.3 Å². The number of anilines is 2. The summed E-state index contributed by atoms with van der Waals surface area (Å²) in [4.78, 5) is 13.9. The molecule has 1 N–H and O–H groups in total. The number of carbonyl (C=O) groups is 1. The molecule has 0 radical (unpaired) electrons. The lowest BCUT2D eigenvalue weighted by Gasteiger charge is -2.26. The van der Waals surface area contributed by atoms with Gasteiger partial charge in [-0.2, -0.15) is 0 Å². The van der Waals surface area contributed by atoms with E-state index in [-0.39, 0.29) is 5.91 Å². The predicted octanol–water partition coefficient (Wildman–Crippen LogP) is 4.44. The molecule has 1 heterocycles. The van der Waals surface area contributed by atoms with Crippen LogP contribution >= 0.6 is 0 Å². The van der Waals surface area contributed by atoms with Crippen molar-refractivity contribution in [3.63, 3.8) is 0 Å². The Morgan fingerprint density at radius 2 is 2.00 bits per heavy atom. The van der Waals surface area contributed by atoms with Gasteiger partial charge in [0.25, 0.3) is 0 Å². The van der Waals surface area contributed by atoms with Crippen LogP contribution in [-0.4, -0.2) is 18.5 Å². The molecule has 0 aliphatic carbocycles. The maximum Gasteiger partial charge on any atom is 0.227 e. The van der Waals surface area contributed by atoms with Crippen molar-refractivity contribution in [1.82, 2.24) is 0 Å². The lowest BCUT2D eigenvalue weighted by Crippen LogP contribution is -2.27. The SMILES string of the molecule is CCC(C)CC(CC)Nc1ccccc1N1CCCC1=O. The molecule has 1 aromatic carbocycles. The van der Waals surface area contributed by atoms with E-state index in [1.165, 1.54) is 12.8 Å². The average molecular weight is 288 g/mol. The van der Waals surface area contributed by atoms with Crippen LogP contribution < -0.4 is 10.2 Å². The fraction of sp³-hybridized carbons (Fsp3) is 0.611. The molecule has 0 aromatic heterocycles. The van der Waals surface area contributed by atoms with E-state index in [0.717, 1.165) is 36.7 Å². The Morgan fingerprint density at radius 3 is 2.62 bits per heavy atom. The summed E-state index contributed by atoms with van der Waals surface area (Å²) in [6, 6.07) is 8.69. The summed E-state index contributed by atoms with van der Waals surface area (Å²) in [5.74, 6) is 0.974. The molecule has 1 aliphatic heterocycles. The van der Waals surface area contributed by atoms with Gasteiger partial charge in [-0.1, -0.05) is 39.3 Å². The second-order valence-corrected chi connectivity index (χ2v) is 6.16. The molecule has 21 heavy (non-hydrogen) atoms. The minimum Gasteiger partial charge on any atom is -0.381 e. The van der Waals surface area contributed by atoms with Crippen LogP contribution in [0.3, 0.4) is 0 Å². The van der Waals surface area contributed by atoms with Gasteiger partial charge in [0.2, 0.25) is 5.91 Å². The monoisotopic (exact) mass is 288 g/mol. The van der Waals surface area contributed by atoms with Gasteiger partial charge in [-0.3, -0.25) is 4.79 Å². The number of amides is 1. The van der Waals surface area contributed by atoms with Crippen LogP contribution in [0.5, 0.6) is 0 Å². The summed E-state index contributed by atoms with van der Waals surface area (Å²) < 4.78 is 0. The van der Waals surface area contributed by atoms with E-state index in [2.05, 4.69) is 38.2 Å². The Balaban J connectivity index is 2.13. The number of nitrogens with zero attached hydrogens (tertiary/aromatic N) is 1. The van der Waals surface area contributed by atoms with E-state index in [9.17, 15) is 4.79 Å². The van der Waals surface area contributed by atoms with Crippen molar-refractivity contribution < 1.29 is 4.79 Å². The first kappa shape index (κ1) is 15.9. The average Bonchev–Trinajstić information content (AvgIpc) is 2.92. The van der Waals surface area contributed by atoms with E-state index < -0.39 is 0 Å². The Bertz CT molecular complexity index is 472. The molecule has 0 saturated carbocycles. The molecule has 0 spiro atoms. The maximum atomic E-state index is 12.0. The summed E-state index contributed by atoms with van der Waals surface area (Å²) >= 11 is 0. The molecule has 1 saturated heterocycles. The molecule has 1 aromatic rings. The first-order valence-corrected chi connectivity index (χ1v) is 8.31. The molecule has 1 fully saturated rings. The quantitative estimate of drug-likeness (QED) is 0.804. The zero-order valence-corrected chi connectivity index (χ0v) is 13.6. The third-order valence-electron chi connectivity index (χ3n) is 4.50. The van der Waals surface area contributed by atoms with Crippen molar-refractivity contribution in [3.05, 3.63) is 24.3 Å². The standard InChI is InChI=1S/C18H28N2O/c1-4-14(3)13-15(5-2)19-16-9-6-7-10-17(16)20-12-8-11-18(20)21/h6-7,9-10,14-15,19H,4-5,8,11-13H2,1-3H3. The predicted molar refractivity (Wildman–Crippen MR) is 89.8 cm³/mol. The zero-order valence-electron chi connectivity index (χ0n) is 13.6. The zero-order chi connectivity index (χ0) is 15.2. The van der Waals surface area contributed by atoms with Crippen molar-refractivity contribution >= 4 is 17.3 Å². The van der Waals surface area contributed by atoms with Crippen LogP contribution in [0.2, 0.25) is 0 Å². The lowest BCUT2D eigenvalue weighted by molar-refractivity contribution is -0.117. The fourth-order valence-corrected chi connectivity index (χ4v) is 2.93. The van der Waals surface area contributed by atoms with Gasteiger partial charge in [0, 0.05) is 19.0 Å². The van der Waals surface area contributed by atoms with Crippen LogP contribution in [0.15, 0.2) is 24.3 Å². The van der Waals surface area contributed by atoms with E-state index in [4.69, 9.17) is 0 Å². The van der Waals surface area contributed by atoms with Gasteiger partial charge >= 0.3 is 0 Å². The molecular formula is C18H28N2O. The summed E-state index contributed by atoms with van der Waals surface area (Å²) in [5, 5.41) is 3.67. The molecule has 1 aliphatic rings. The summed E-state index contributed by atoms with van der Waals surface area (Å²) in [5.41, 5.74) is 2.14. The number of rotatable bonds is 7. The highest BCUT2D eigenvalue weighted by Gasteiger charge is 2.24. The van der Waals surface area contributed by atoms with Gasteiger partial charge in [-0.15, -0.1) is 0 Å². The first-order chi connectivity index (χ1) is 10.2. The number of hydrogen-bond donors (Lipinski definition) is 1. The topological polar surface area (TPSA) is 32.3 Å². The highest BCUT2D eigenvalue weighted by atomic mass is 16.2. The highest BCUT2D eigenvalue weighted by Crippen LogP contribution is 2.30. The normalized spacial score (nSPS) is 17.9. The number of nitrogens with one attached hydrogen (secondary N) is 1. The summed E-state index contributed by atoms with van der Waals surface area (Å²) in [6.45, 7) is 7.62. The van der Waals surface area contributed by atoms with Gasteiger partial charge in [0.05, 0.1) is 11.4 Å². The number of hydrogen-bond acceptors (Lipinski definition) is 2. The van der Waals surface area contributed by atoms with E-state index >= 15 is 0 Å². The second kappa shape index (κ2) is 7.48. The largest absolute Gasteiger partial charge is 0.381 e. The van der Waals surface area contributed by atoms with Crippen molar-refractivity contribution in [2.75, 3.05) is 16.8 Å². The number of carbonyl (C=O) groups excluding carboxylic acids is 1. The summed E-state index contributed by atoms with van der Waals surface area (Å²) in [7, 11) is 0. The Kier molecular flexibility index (Phi) is 5.66. The minimum atomic E-state index is 0.249. The fourth-order valence-electron chi connectivity index (χ4n) is 2.93. The Hall–Kier alpha value is -1.51. The Labute approximate surface area is 128 Å². The molecule has 2 unspecified atom stereocenters. The molecule has 3 nitrogen and oxygen atoms in total. The van der Waals surface area contributed by atoms with Crippen LogP contribution in [0.25, 0.3) is 0 Å². The van der Waals surface area contributed by atoms with Crippen LogP contribution in [-0.2, 0) is 4.79 Å². The smallest absolute Gasteiger partial charge is 0.227 e. The molecule has 3 heteroatoms. The summed E-state index contributed by atoms with van der Waals surface area (Å²) in [6.07, 6.45) is 5.14. The molecule has 2 atom stereocenters. The third-order valence-corrected chi connectivity index (χ3v) is 4.50. The van der Waals surface area contributed by atoms with Crippen LogP contribution in [0.4, 0.5) is 11.4 Å². The third kappa shape index (κ3) is 3.99. The van der Waals surface area contributed by atoms with Crippen LogP contribution in [0, 0.1) is 5.92 Å². The van der Waals surface area contributed by atoms with Crippen molar-refractivity contribution in [2.24, 2.45) is 5.92 Å². The molecule has 2 rings (SSSR count). The van der Waals surface area contributed by atoms with Crippen molar-refractivity contribution in [1.29, 1.82) is 0 Å². The van der Waals surface area contributed by atoms with E-state index in [1.807, 2.05) is 17.0 Å². The lowest BCUT2D eigenvalue weighted by atomic mass is 9.97. The van der Waals surface area contributed by atoms with Gasteiger partial charge < -0.3 is 10.2 Å². The minimum absolute atomic E-state index is 0.249. The molecule has 1 amide bonds. The van der Waals surface area contributed by atoms with Crippen LogP contribution in [0.1, 0.15) is 52.9 Å².